The van der Waals surface area contributed by atoms with Crippen molar-refractivity contribution in [2.24, 2.45) is 0 Å². The number of carbonyl (C=O) groups is 2. The zero-order valence-corrected chi connectivity index (χ0v) is 17.6. The topological polar surface area (TPSA) is 61.4 Å². The Morgan fingerprint density at radius 2 is 1.59 bits per heavy atom. The highest BCUT2D eigenvalue weighted by molar-refractivity contribution is 5.94. The van der Waals surface area contributed by atoms with Crippen molar-refractivity contribution < 1.29 is 9.59 Å². The van der Waals surface area contributed by atoms with E-state index >= 15 is 0 Å². The smallest absolute Gasteiger partial charge is 0.251 e. The van der Waals surface area contributed by atoms with Crippen molar-refractivity contribution in [1.82, 2.24) is 10.2 Å². The third-order valence-electron chi connectivity index (χ3n) is 5.34. The molecule has 1 heterocycles. The maximum absolute atomic E-state index is 12.6. The molecular weight excluding hydrogens is 362 g/mol. The molecule has 0 atom stereocenters. The van der Waals surface area contributed by atoms with E-state index in [0.717, 1.165) is 37.2 Å². The van der Waals surface area contributed by atoms with Crippen LogP contribution in [-0.2, 0) is 10.2 Å². The maximum Gasteiger partial charge on any atom is 0.251 e. The standard InChI is InChI=1S/C24H31N3O2/c1-24(2,3)20-11-7-8-12-21(20)26-22(28)17-27-15-13-19(14-16-27)25-23(29)18-9-5-4-6-10-18/h4-12,19H,13-17H2,1-3H3,(H,25,29)(H,26,28). The zero-order valence-electron chi connectivity index (χ0n) is 17.6. The predicted octanol–water partition coefficient (Wildman–Crippen LogP) is 3.82. The highest BCUT2D eigenvalue weighted by Gasteiger charge is 2.23. The molecule has 0 saturated carbocycles. The SMILES string of the molecule is CC(C)(C)c1ccccc1NC(=O)CN1CCC(NC(=O)c2ccccc2)CC1. The summed E-state index contributed by atoms with van der Waals surface area (Å²) in [6.45, 7) is 8.41. The van der Waals surface area contributed by atoms with E-state index in [0.29, 0.717) is 12.1 Å². The fourth-order valence-corrected chi connectivity index (χ4v) is 3.73. The number of benzene rings is 2. The van der Waals surface area contributed by atoms with Gasteiger partial charge in [-0.05, 0) is 42.0 Å². The monoisotopic (exact) mass is 393 g/mol. The number of para-hydroxylation sites is 1. The van der Waals surface area contributed by atoms with Gasteiger partial charge in [-0.1, -0.05) is 57.2 Å². The van der Waals surface area contributed by atoms with Crippen molar-refractivity contribution in [2.45, 2.75) is 45.1 Å². The summed E-state index contributed by atoms with van der Waals surface area (Å²) in [6, 6.07) is 17.4. The number of nitrogens with one attached hydrogen (secondary N) is 2. The number of rotatable bonds is 5. The van der Waals surface area contributed by atoms with E-state index in [1.165, 1.54) is 0 Å². The van der Waals surface area contributed by atoms with Crippen LogP contribution in [0.2, 0.25) is 0 Å². The van der Waals surface area contributed by atoms with Crippen molar-refractivity contribution in [3.63, 3.8) is 0 Å². The zero-order chi connectivity index (χ0) is 20.9. The van der Waals surface area contributed by atoms with Crippen LogP contribution in [-0.4, -0.2) is 42.4 Å². The average molecular weight is 394 g/mol. The molecule has 0 spiro atoms. The number of anilines is 1. The van der Waals surface area contributed by atoms with E-state index < -0.39 is 0 Å². The molecule has 2 aromatic rings. The number of piperidine rings is 1. The third-order valence-corrected chi connectivity index (χ3v) is 5.34. The van der Waals surface area contributed by atoms with Gasteiger partial charge in [0, 0.05) is 30.4 Å². The Morgan fingerprint density at radius 3 is 2.24 bits per heavy atom. The minimum absolute atomic E-state index is 0.00784. The Bertz CT molecular complexity index is 835. The Balaban J connectivity index is 1.47. The molecule has 1 aliphatic heterocycles. The molecule has 0 aromatic heterocycles. The molecule has 0 bridgehead atoms. The molecular formula is C24H31N3O2. The van der Waals surface area contributed by atoms with Crippen LogP contribution in [0.3, 0.4) is 0 Å². The van der Waals surface area contributed by atoms with E-state index in [2.05, 4.69) is 42.4 Å². The van der Waals surface area contributed by atoms with Gasteiger partial charge >= 0.3 is 0 Å². The summed E-state index contributed by atoms with van der Waals surface area (Å²) in [5, 5.41) is 6.19. The summed E-state index contributed by atoms with van der Waals surface area (Å²) < 4.78 is 0. The second kappa shape index (κ2) is 9.23. The third kappa shape index (κ3) is 5.91. The minimum atomic E-state index is -0.0286. The average Bonchev–Trinajstić information content (AvgIpc) is 2.69. The second-order valence-corrected chi connectivity index (χ2v) is 8.73. The van der Waals surface area contributed by atoms with Gasteiger partial charge in [-0.15, -0.1) is 0 Å². The van der Waals surface area contributed by atoms with Crippen molar-refractivity contribution in [1.29, 1.82) is 0 Å². The van der Waals surface area contributed by atoms with Gasteiger partial charge in [0.2, 0.25) is 5.91 Å². The lowest BCUT2D eigenvalue weighted by Gasteiger charge is -2.32. The van der Waals surface area contributed by atoms with Crippen LogP contribution in [0.1, 0.15) is 49.5 Å². The Labute approximate surface area is 173 Å². The predicted molar refractivity (Wildman–Crippen MR) is 117 cm³/mol. The molecule has 2 aromatic carbocycles. The van der Waals surface area contributed by atoms with Gasteiger partial charge in [0.05, 0.1) is 6.54 Å². The fraction of sp³-hybridized carbons (Fsp3) is 0.417. The van der Waals surface area contributed by atoms with Crippen LogP contribution in [0.4, 0.5) is 5.69 Å². The van der Waals surface area contributed by atoms with Gasteiger partial charge in [0.25, 0.3) is 5.91 Å². The first-order chi connectivity index (χ1) is 13.8. The number of hydrogen-bond donors (Lipinski definition) is 2. The maximum atomic E-state index is 12.6. The number of amides is 2. The first-order valence-electron chi connectivity index (χ1n) is 10.3. The molecule has 0 unspecified atom stereocenters. The van der Waals surface area contributed by atoms with Crippen LogP contribution in [0.15, 0.2) is 54.6 Å². The Kier molecular flexibility index (Phi) is 6.70. The second-order valence-electron chi connectivity index (χ2n) is 8.73. The van der Waals surface area contributed by atoms with E-state index in [9.17, 15) is 9.59 Å². The highest BCUT2D eigenvalue weighted by atomic mass is 16.2. The van der Waals surface area contributed by atoms with Crippen LogP contribution in [0.5, 0.6) is 0 Å². The summed E-state index contributed by atoms with van der Waals surface area (Å²) in [5.74, 6) is -0.0194. The quantitative estimate of drug-likeness (QED) is 0.812. The van der Waals surface area contributed by atoms with Crippen molar-refractivity contribution in [3.8, 4) is 0 Å². The molecule has 2 amide bonds. The number of likely N-dealkylation sites (tertiary alicyclic amines) is 1. The number of nitrogens with zero attached hydrogens (tertiary/aromatic N) is 1. The first kappa shape index (κ1) is 21.1. The summed E-state index contributed by atoms with van der Waals surface area (Å²) in [6.07, 6.45) is 1.70. The lowest BCUT2D eigenvalue weighted by molar-refractivity contribution is -0.117. The molecule has 29 heavy (non-hydrogen) atoms. The van der Waals surface area contributed by atoms with Crippen molar-refractivity contribution in [3.05, 3.63) is 65.7 Å². The summed E-state index contributed by atoms with van der Waals surface area (Å²) >= 11 is 0. The summed E-state index contributed by atoms with van der Waals surface area (Å²) in [7, 11) is 0. The minimum Gasteiger partial charge on any atom is -0.349 e. The fourth-order valence-electron chi connectivity index (χ4n) is 3.73. The lowest BCUT2D eigenvalue weighted by atomic mass is 9.86. The van der Waals surface area contributed by atoms with Crippen LogP contribution in [0.25, 0.3) is 0 Å². The molecule has 3 rings (SSSR count). The van der Waals surface area contributed by atoms with Gasteiger partial charge in [0.1, 0.15) is 0 Å². The molecule has 0 aliphatic carbocycles. The molecule has 5 heteroatoms. The molecule has 154 valence electrons. The largest absolute Gasteiger partial charge is 0.349 e. The highest BCUT2D eigenvalue weighted by Crippen LogP contribution is 2.29. The van der Waals surface area contributed by atoms with Crippen LogP contribution >= 0.6 is 0 Å². The number of hydrogen-bond acceptors (Lipinski definition) is 3. The van der Waals surface area contributed by atoms with Crippen molar-refractivity contribution in [2.75, 3.05) is 25.0 Å². The first-order valence-corrected chi connectivity index (χ1v) is 10.3. The van der Waals surface area contributed by atoms with Gasteiger partial charge < -0.3 is 10.6 Å². The van der Waals surface area contributed by atoms with Crippen molar-refractivity contribution >= 4 is 17.5 Å². The molecule has 1 fully saturated rings. The molecule has 1 aliphatic rings. The van der Waals surface area contributed by atoms with Crippen LogP contribution < -0.4 is 10.6 Å². The van der Waals surface area contributed by atoms with E-state index in [1.807, 2.05) is 48.5 Å². The Hall–Kier alpha value is -2.66. The van der Waals surface area contributed by atoms with Gasteiger partial charge in [-0.2, -0.15) is 0 Å². The molecule has 1 saturated heterocycles. The van der Waals surface area contributed by atoms with E-state index in [-0.39, 0.29) is 23.3 Å². The van der Waals surface area contributed by atoms with E-state index in [1.54, 1.807) is 0 Å². The molecule has 0 radical (unpaired) electrons. The molecule has 2 N–H and O–H groups in total. The lowest BCUT2D eigenvalue weighted by Crippen LogP contribution is -2.46. The van der Waals surface area contributed by atoms with Gasteiger partial charge in [0.15, 0.2) is 0 Å². The Morgan fingerprint density at radius 1 is 0.966 bits per heavy atom. The van der Waals surface area contributed by atoms with Gasteiger partial charge in [-0.25, -0.2) is 0 Å². The van der Waals surface area contributed by atoms with Gasteiger partial charge in [-0.3, -0.25) is 14.5 Å². The van der Waals surface area contributed by atoms with E-state index in [4.69, 9.17) is 0 Å². The normalized spacial score (nSPS) is 15.7. The van der Waals surface area contributed by atoms with Crippen LogP contribution in [0, 0.1) is 0 Å². The summed E-state index contributed by atoms with van der Waals surface area (Å²) in [5.41, 5.74) is 2.68. The summed E-state index contributed by atoms with van der Waals surface area (Å²) in [4.78, 5) is 27.0. The number of carbonyl (C=O) groups excluding carboxylic acids is 2. The molecule has 5 nitrogen and oxygen atoms in total.